The van der Waals surface area contributed by atoms with E-state index in [1.807, 2.05) is 6.92 Å². The Hall–Kier alpha value is -1.30. The van der Waals surface area contributed by atoms with E-state index in [0.717, 1.165) is 6.42 Å². The molecule has 6 nitrogen and oxygen atoms in total. The van der Waals surface area contributed by atoms with Crippen molar-refractivity contribution >= 4 is 12.0 Å². The molecule has 0 aromatic carbocycles. The van der Waals surface area contributed by atoms with Crippen molar-refractivity contribution in [1.29, 1.82) is 0 Å². The van der Waals surface area contributed by atoms with E-state index in [1.165, 1.54) is 0 Å². The van der Waals surface area contributed by atoms with Crippen LogP contribution in [0.4, 0.5) is 4.79 Å². The molecule has 1 heterocycles. The molecule has 104 valence electrons. The third-order valence-corrected chi connectivity index (χ3v) is 3.55. The molecule has 3 N–H and O–H groups in total. The molecule has 1 aliphatic heterocycles. The number of carboxylic acids is 1. The van der Waals surface area contributed by atoms with Crippen LogP contribution in [0.5, 0.6) is 0 Å². The highest BCUT2D eigenvalue weighted by Gasteiger charge is 2.27. The fourth-order valence-electron chi connectivity index (χ4n) is 1.96. The monoisotopic (exact) mass is 258 g/mol. The number of rotatable bonds is 4. The maximum absolute atomic E-state index is 11.8. The van der Waals surface area contributed by atoms with Crippen LogP contribution in [0.25, 0.3) is 0 Å². The number of carboxylic acid groups (broad SMARTS) is 1. The van der Waals surface area contributed by atoms with Crippen LogP contribution >= 0.6 is 0 Å². The molecule has 6 heteroatoms. The third kappa shape index (κ3) is 3.87. The van der Waals surface area contributed by atoms with Crippen LogP contribution in [0.2, 0.25) is 0 Å². The van der Waals surface area contributed by atoms with Crippen molar-refractivity contribution in [2.75, 3.05) is 19.6 Å². The number of nitrogens with zero attached hydrogens (tertiary/aromatic N) is 1. The predicted molar refractivity (Wildman–Crippen MR) is 66.2 cm³/mol. The summed E-state index contributed by atoms with van der Waals surface area (Å²) in [7, 11) is 0. The van der Waals surface area contributed by atoms with E-state index >= 15 is 0 Å². The van der Waals surface area contributed by atoms with E-state index in [1.54, 1.807) is 11.8 Å². The Morgan fingerprint density at radius 3 is 2.67 bits per heavy atom. The van der Waals surface area contributed by atoms with Crippen molar-refractivity contribution in [2.45, 2.75) is 32.8 Å². The zero-order valence-corrected chi connectivity index (χ0v) is 10.9. The fourth-order valence-corrected chi connectivity index (χ4v) is 1.96. The molecular formula is C12H22N2O4. The lowest BCUT2D eigenvalue weighted by atomic mass is 9.96. The number of aliphatic hydroxyl groups is 1. The smallest absolute Gasteiger partial charge is 0.317 e. The summed E-state index contributed by atoms with van der Waals surface area (Å²) in [6.45, 7) is 4.78. The van der Waals surface area contributed by atoms with Crippen molar-refractivity contribution in [3.8, 4) is 0 Å². The minimum Gasteiger partial charge on any atom is -0.481 e. The van der Waals surface area contributed by atoms with Gasteiger partial charge in [0.2, 0.25) is 0 Å². The molecule has 1 aliphatic rings. The fraction of sp³-hybridized carbons (Fsp3) is 0.833. The maximum Gasteiger partial charge on any atom is 0.317 e. The van der Waals surface area contributed by atoms with Gasteiger partial charge in [-0.2, -0.15) is 0 Å². The molecule has 18 heavy (non-hydrogen) atoms. The molecule has 0 aliphatic carbocycles. The highest BCUT2D eigenvalue weighted by Crippen LogP contribution is 2.16. The molecule has 1 rings (SSSR count). The molecule has 1 saturated heterocycles. The number of aliphatic hydroxyl groups excluding tert-OH is 1. The summed E-state index contributed by atoms with van der Waals surface area (Å²) >= 11 is 0. The number of carbonyl (C=O) groups is 2. The summed E-state index contributed by atoms with van der Waals surface area (Å²) in [6, 6.07) is -0.291. The largest absolute Gasteiger partial charge is 0.481 e. The van der Waals surface area contributed by atoms with Gasteiger partial charge in [0, 0.05) is 19.6 Å². The first-order chi connectivity index (χ1) is 8.45. The van der Waals surface area contributed by atoms with Gasteiger partial charge in [0.25, 0.3) is 0 Å². The van der Waals surface area contributed by atoms with Crippen LogP contribution in [-0.4, -0.2) is 52.9 Å². The molecule has 3 atom stereocenters. The highest BCUT2D eigenvalue weighted by molar-refractivity contribution is 5.76. The van der Waals surface area contributed by atoms with E-state index in [-0.39, 0.29) is 18.5 Å². The molecule has 2 amide bonds. The number of β-amino-alcohol motifs (C(OH)–C–C–N with tert-alkyl or cyclic N) is 1. The molecule has 0 aromatic rings. The Labute approximate surface area is 107 Å². The van der Waals surface area contributed by atoms with Crippen LogP contribution in [0, 0.1) is 11.8 Å². The Bertz CT molecular complexity index is 308. The second kappa shape index (κ2) is 6.58. The SMILES string of the molecule is CCC(CNC(=O)N1CCC(C)C(O)C1)C(=O)O. The van der Waals surface area contributed by atoms with Gasteiger partial charge < -0.3 is 20.4 Å². The first-order valence-electron chi connectivity index (χ1n) is 6.39. The van der Waals surface area contributed by atoms with Gasteiger partial charge >= 0.3 is 12.0 Å². The summed E-state index contributed by atoms with van der Waals surface area (Å²) in [5, 5.41) is 21.2. The Morgan fingerprint density at radius 1 is 1.50 bits per heavy atom. The van der Waals surface area contributed by atoms with E-state index < -0.39 is 18.0 Å². The summed E-state index contributed by atoms with van der Waals surface area (Å²) in [5.74, 6) is -1.25. The Balaban J connectivity index is 2.39. The Kier molecular flexibility index (Phi) is 5.40. The maximum atomic E-state index is 11.8. The van der Waals surface area contributed by atoms with Gasteiger partial charge in [-0.25, -0.2) is 4.79 Å². The number of carbonyl (C=O) groups excluding carboxylic acids is 1. The quantitative estimate of drug-likeness (QED) is 0.685. The molecular weight excluding hydrogens is 236 g/mol. The number of nitrogens with one attached hydrogen (secondary N) is 1. The standard InChI is InChI=1S/C12H22N2O4/c1-3-9(11(16)17)6-13-12(18)14-5-4-8(2)10(15)7-14/h8-10,15H,3-7H2,1-2H3,(H,13,18)(H,16,17). The van der Waals surface area contributed by atoms with E-state index in [4.69, 9.17) is 5.11 Å². The van der Waals surface area contributed by atoms with Gasteiger partial charge in [0.1, 0.15) is 0 Å². The average molecular weight is 258 g/mol. The van der Waals surface area contributed by atoms with E-state index in [9.17, 15) is 14.7 Å². The van der Waals surface area contributed by atoms with Gasteiger partial charge in [-0.1, -0.05) is 13.8 Å². The number of hydrogen-bond acceptors (Lipinski definition) is 3. The van der Waals surface area contributed by atoms with Crippen LogP contribution in [-0.2, 0) is 4.79 Å². The van der Waals surface area contributed by atoms with Crippen LogP contribution < -0.4 is 5.32 Å². The topological polar surface area (TPSA) is 89.9 Å². The normalized spacial score (nSPS) is 25.6. The molecule has 1 fully saturated rings. The zero-order valence-electron chi connectivity index (χ0n) is 10.9. The van der Waals surface area contributed by atoms with Crippen LogP contribution in [0.1, 0.15) is 26.7 Å². The van der Waals surface area contributed by atoms with Crippen molar-refractivity contribution in [3.05, 3.63) is 0 Å². The summed E-state index contributed by atoms with van der Waals surface area (Å²) in [6.07, 6.45) is 0.756. The number of amides is 2. The molecule has 3 unspecified atom stereocenters. The van der Waals surface area contributed by atoms with E-state index in [2.05, 4.69) is 5.32 Å². The lowest BCUT2D eigenvalue weighted by molar-refractivity contribution is -0.141. The van der Waals surface area contributed by atoms with E-state index in [0.29, 0.717) is 19.5 Å². The first kappa shape index (κ1) is 14.8. The van der Waals surface area contributed by atoms with Gasteiger partial charge in [-0.15, -0.1) is 0 Å². The summed E-state index contributed by atoms with van der Waals surface area (Å²) in [5.41, 5.74) is 0. The zero-order chi connectivity index (χ0) is 13.7. The minimum atomic E-state index is -0.898. The lowest BCUT2D eigenvalue weighted by Crippen LogP contribution is -2.50. The summed E-state index contributed by atoms with van der Waals surface area (Å²) < 4.78 is 0. The molecule has 0 bridgehead atoms. The molecule has 0 radical (unpaired) electrons. The Morgan fingerprint density at radius 2 is 2.17 bits per heavy atom. The summed E-state index contributed by atoms with van der Waals surface area (Å²) in [4.78, 5) is 24.2. The van der Waals surface area contributed by atoms with Crippen LogP contribution in [0.15, 0.2) is 0 Å². The number of piperidine rings is 1. The molecule has 0 spiro atoms. The highest BCUT2D eigenvalue weighted by atomic mass is 16.4. The minimum absolute atomic E-state index is 0.132. The third-order valence-electron chi connectivity index (χ3n) is 3.55. The number of aliphatic carboxylic acids is 1. The lowest BCUT2D eigenvalue weighted by Gasteiger charge is -2.34. The average Bonchev–Trinajstić information content (AvgIpc) is 2.32. The number of hydrogen-bond donors (Lipinski definition) is 3. The number of likely N-dealkylation sites (tertiary alicyclic amines) is 1. The van der Waals surface area contributed by atoms with Gasteiger partial charge in [-0.3, -0.25) is 4.79 Å². The van der Waals surface area contributed by atoms with Crippen molar-refractivity contribution in [2.24, 2.45) is 11.8 Å². The van der Waals surface area contributed by atoms with Crippen molar-refractivity contribution in [1.82, 2.24) is 10.2 Å². The van der Waals surface area contributed by atoms with Gasteiger partial charge in [0.05, 0.1) is 12.0 Å². The predicted octanol–water partition coefficient (Wildman–Crippen LogP) is 0.509. The second-order valence-corrected chi connectivity index (χ2v) is 4.91. The number of urea groups is 1. The first-order valence-corrected chi connectivity index (χ1v) is 6.39. The van der Waals surface area contributed by atoms with Crippen LogP contribution in [0.3, 0.4) is 0 Å². The van der Waals surface area contributed by atoms with Crippen molar-refractivity contribution in [3.63, 3.8) is 0 Å². The molecule has 0 aromatic heterocycles. The van der Waals surface area contributed by atoms with Gasteiger partial charge in [0.15, 0.2) is 0 Å². The molecule has 0 saturated carbocycles. The second-order valence-electron chi connectivity index (χ2n) is 4.91. The van der Waals surface area contributed by atoms with Crippen molar-refractivity contribution < 1.29 is 19.8 Å². The van der Waals surface area contributed by atoms with Gasteiger partial charge in [-0.05, 0) is 18.8 Å².